The Kier molecular flexibility index (Phi) is 10.8. The first-order valence-electron chi connectivity index (χ1n) is 16.5. The van der Waals surface area contributed by atoms with Crippen LogP contribution in [0.25, 0.3) is 0 Å². The Morgan fingerprint density at radius 2 is 1.45 bits per heavy atom. The summed E-state index contributed by atoms with van der Waals surface area (Å²) in [6.45, 7) is 8.30. The van der Waals surface area contributed by atoms with Crippen LogP contribution in [-0.2, 0) is 47.7 Å². The average Bonchev–Trinajstić information content (AvgIpc) is 3.39. The van der Waals surface area contributed by atoms with E-state index in [1.807, 2.05) is 49.3 Å². The second-order valence-electron chi connectivity index (χ2n) is 14.0. The van der Waals surface area contributed by atoms with Gasteiger partial charge in [0.25, 0.3) is 20.2 Å². The second kappa shape index (κ2) is 14.4. The van der Waals surface area contributed by atoms with Gasteiger partial charge < -0.3 is 14.6 Å². The van der Waals surface area contributed by atoms with Gasteiger partial charge in [-0.1, -0.05) is 44.2 Å². The Labute approximate surface area is 309 Å². The highest BCUT2D eigenvalue weighted by molar-refractivity contribution is 7.86. The molecule has 0 amide bonds. The lowest BCUT2D eigenvalue weighted by Crippen LogP contribution is -2.27. The third-order valence-electron chi connectivity index (χ3n) is 9.62. The summed E-state index contributed by atoms with van der Waals surface area (Å²) < 4.78 is 103. The second-order valence-corrected chi connectivity index (χ2v) is 18.3. The number of fused-ring (bicyclic) bond motifs is 2. The Morgan fingerprint density at radius 3 is 2.06 bits per heavy atom. The first kappa shape index (κ1) is 39.8. The maximum Gasteiger partial charge on any atom is 0.335 e. The fraction of sp³-hybridized carbons (Fsp3) is 0.297. The highest BCUT2D eigenvalue weighted by Crippen LogP contribution is 2.48. The zero-order valence-electron chi connectivity index (χ0n) is 29.4. The predicted molar refractivity (Wildman–Crippen MR) is 198 cm³/mol. The lowest BCUT2D eigenvalue weighted by atomic mass is 9.81. The van der Waals surface area contributed by atoms with E-state index in [2.05, 4.69) is 0 Å². The average molecular weight is 785 g/mol. The summed E-state index contributed by atoms with van der Waals surface area (Å²) in [6, 6.07) is 15.0. The molecule has 3 aromatic rings. The van der Waals surface area contributed by atoms with Gasteiger partial charge >= 0.3 is 5.97 Å². The van der Waals surface area contributed by atoms with Crippen molar-refractivity contribution < 1.29 is 53.4 Å². The Morgan fingerprint density at radius 1 is 0.811 bits per heavy atom. The van der Waals surface area contributed by atoms with Crippen LogP contribution < -0.4 is 4.90 Å². The first-order chi connectivity index (χ1) is 24.5. The molecule has 0 aromatic heterocycles. The Bertz CT molecular complexity index is 2430. The highest BCUT2D eigenvalue weighted by Gasteiger charge is 2.45. The molecule has 0 spiro atoms. The summed E-state index contributed by atoms with van der Waals surface area (Å²) in [7, 11) is -13.3. The zero-order valence-corrected chi connectivity index (χ0v) is 31.9. The van der Waals surface area contributed by atoms with Crippen LogP contribution in [0.3, 0.4) is 0 Å². The maximum absolute atomic E-state index is 12.0. The molecule has 0 bridgehead atoms. The van der Waals surface area contributed by atoms with E-state index >= 15 is 0 Å². The molecule has 3 N–H and O–H groups in total. The first-order valence-corrected chi connectivity index (χ1v) is 21.0. The Balaban J connectivity index is 1.51. The number of nitrogens with zero attached hydrogens (tertiary/aromatic N) is 2. The van der Waals surface area contributed by atoms with Crippen LogP contribution in [0.4, 0.5) is 11.4 Å². The monoisotopic (exact) mass is 784 g/mol. The van der Waals surface area contributed by atoms with Crippen LogP contribution in [0.1, 0.15) is 67.6 Å². The molecule has 5 rings (SSSR count). The standard InChI is InChI=1S/C37H40N2O11S3/c1-36(2)29-22-27(52(45,46)47)16-18-31(29)38(20-8-9-21-51(42,43)44)33(36)10-6-5-7-11-34-37(3,4)30-23-28(53(48,49)50)17-19-32(30)39(34)24-25-12-14-26(15-13-25)35(40)41/h5-7,10-19,22-23H,8-9,20-21,24H2,1-4H3,(H3-,40,41,42,43,44,45,46,47,48,49,50). The van der Waals surface area contributed by atoms with Crippen molar-refractivity contribution in [2.45, 2.75) is 67.7 Å². The molecular formula is C37H40N2O11S3. The number of benzene rings is 3. The molecule has 16 heteroatoms. The van der Waals surface area contributed by atoms with Crippen molar-refractivity contribution in [3.05, 3.63) is 119 Å². The van der Waals surface area contributed by atoms with E-state index in [0.717, 1.165) is 17.0 Å². The van der Waals surface area contributed by atoms with Gasteiger partial charge in [0.2, 0.25) is 5.69 Å². The Hall–Kier alpha value is -4.45. The fourth-order valence-electron chi connectivity index (χ4n) is 6.88. The number of unbranched alkanes of at least 4 members (excludes halogenated alkanes) is 1. The van der Waals surface area contributed by atoms with Crippen molar-refractivity contribution in [1.82, 2.24) is 0 Å². The number of hydrogen-bond acceptors (Lipinski definition) is 9. The molecule has 0 radical (unpaired) electrons. The summed E-state index contributed by atoms with van der Waals surface area (Å²) in [6.07, 6.45) is 9.67. The highest BCUT2D eigenvalue weighted by atomic mass is 32.2. The maximum atomic E-state index is 12.0. The topological polar surface area (TPSA) is 209 Å². The van der Waals surface area contributed by atoms with Gasteiger partial charge in [-0.15, -0.1) is 0 Å². The van der Waals surface area contributed by atoms with E-state index in [0.29, 0.717) is 42.0 Å². The minimum absolute atomic E-state index is 0.137. The molecule has 13 nitrogen and oxygen atoms in total. The van der Waals surface area contributed by atoms with Gasteiger partial charge in [-0.3, -0.25) is 9.11 Å². The molecule has 2 aliphatic rings. The number of carboxylic acids is 1. The molecule has 0 atom stereocenters. The van der Waals surface area contributed by atoms with Crippen molar-refractivity contribution in [2.75, 3.05) is 17.2 Å². The lowest BCUT2D eigenvalue weighted by molar-refractivity contribution is -0.455. The molecule has 2 aliphatic heterocycles. The summed E-state index contributed by atoms with van der Waals surface area (Å²) in [4.78, 5) is 12.7. The number of carboxylic acid groups (broad SMARTS) is 1. The van der Waals surface area contributed by atoms with Crippen molar-refractivity contribution in [3.8, 4) is 0 Å². The number of rotatable bonds is 13. The largest absolute Gasteiger partial charge is 0.744 e. The third-order valence-corrected chi connectivity index (χ3v) is 12.1. The van der Waals surface area contributed by atoms with Gasteiger partial charge in [-0.2, -0.15) is 21.4 Å². The van der Waals surface area contributed by atoms with Crippen LogP contribution in [0.2, 0.25) is 0 Å². The van der Waals surface area contributed by atoms with Crippen LogP contribution in [-0.4, -0.2) is 72.6 Å². The van der Waals surface area contributed by atoms with Gasteiger partial charge in [0.1, 0.15) is 10.1 Å². The van der Waals surface area contributed by atoms with Gasteiger partial charge in [-0.05, 0) is 80.8 Å². The quantitative estimate of drug-likeness (QED) is 0.0841. The van der Waals surface area contributed by atoms with E-state index in [9.17, 15) is 48.8 Å². The van der Waals surface area contributed by atoms with Gasteiger partial charge in [0, 0.05) is 46.6 Å². The van der Waals surface area contributed by atoms with Crippen LogP contribution in [0, 0.1) is 0 Å². The predicted octanol–water partition coefficient (Wildman–Crippen LogP) is 5.57. The van der Waals surface area contributed by atoms with Crippen LogP contribution in [0.15, 0.2) is 107 Å². The van der Waals surface area contributed by atoms with E-state index in [4.69, 9.17) is 0 Å². The molecule has 3 aromatic carbocycles. The number of hydrogen-bond donors (Lipinski definition) is 3. The SMILES string of the molecule is CC1(C)C(/C=C/C=C/C=C2/N(CCCCS(=O)(=O)O)c3ccc(S(=O)(=O)[O-])cc3C2(C)C)=[N+](Cc2ccc(C(=O)O)cc2)c2ccc(S(=O)(=O)O)cc21. The number of aromatic carboxylic acids is 1. The number of carbonyl (C=O) groups is 1. The molecular weight excluding hydrogens is 745 g/mol. The minimum atomic E-state index is -4.73. The third kappa shape index (κ3) is 8.53. The summed E-state index contributed by atoms with van der Waals surface area (Å²) in [5, 5.41) is 9.34. The molecule has 0 saturated heterocycles. The van der Waals surface area contributed by atoms with E-state index in [1.54, 1.807) is 42.5 Å². The van der Waals surface area contributed by atoms with Gasteiger partial charge in [0.05, 0.1) is 26.5 Å². The van der Waals surface area contributed by atoms with Gasteiger partial charge in [-0.25, -0.2) is 13.2 Å². The van der Waals surface area contributed by atoms with Crippen molar-refractivity contribution >= 4 is 53.4 Å². The molecule has 0 unspecified atom stereocenters. The minimum Gasteiger partial charge on any atom is -0.744 e. The normalized spacial score (nSPS) is 17.6. The van der Waals surface area contributed by atoms with Gasteiger partial charge in [0.15, 0.2) is 12.3 Å². The summed E-state index contributed by atoms with van der Waals surface area (Å²) >= 11 is 0. The van der Waals surface area contributed by atoms with Crippen molar-refractivity contribution in [2.24, 2.45) is 0 Å². The molecule has 53 heavy (non-hydrogen) atoms. The van der Waals surface area contributed by atoms with Crippen LogP contribution in [0.5, 0.6) is 0 Å². The molecule has 2 heterocycles. The molecule has 0 fully saturated rings. The number of anilines is 1. The molecule has 0 aliphatic carbocycles. The van der Waals surface area contributed by atoms with Crippen molar-refractivity contribution in [3.63, 3.8) is 0 Å². The van der Waals surface area contributed by atoms with E-state index in [1.165, 1.54) is 36.4 Å². The summed E-state index contributed by atoms with van der Waals surface area (Å²) in [5.74, 6) is -1.46. The molecule has 282 valence electrons. The lowest BCUT2D eigenvalue weighted by Gasteiger charge is -2.27. The van der Waals surface area contributed by atoms with Crippen molar-refractivity contribution in [1.29, 1.82) is 0 Å². The number of allylic oxidation sites excluding steroid dienone is 6. The molecule has 0 saturated carbocycles. The smallest absolute Gasteiger partial charge is 0.335 e. The van der Waals surface area contributed by atoms with E-state index < -0.39 is 52.9 Å². The zero-order chi connectivity index (χ0) is 39.1. The summed E-state index contributed by atoms with van der Waals surface area (Å²) in [5.41, 5.74) is 3.66. The van der Waals surface area contributed by atoms with E-state index in [-0.39, 0.29) is 21.8 Å². The van der Waals surface area contributed by atoms with Crippen LogP contribution >= 0.6 is 0 Å². The fourth-order valence-corrected chi connectivity index (χ4v) is 8.46.